The highest BCUT2D eigenvalue weighted by molar-refractivity contribution is 9.09. The predicted octanol–water partition coefficient (Wildman–Crippen LogP) is 3.98. The monoisotopic (exact) mass is 612 g/mol. The van der Waals surface area contributed by atoms with Gasteiger partial charge in [-0.05, 0) is 49.4 Å². The highest BCUT2D eigenvalue weighted by atomic mass is 79.9. The van der Waals surface area contributed by atoms with E-state index in [1.165, 1.54) is 16.7 Å². The number of fused-ring (bicyclic) bond motifs is 1. The van der Waals surface area contributed by atoms with Crippen molar-refractivity contribution in [1.29, 1.82) is 0 Å². The van der Waals surface area contributed by atoms with Crippen LogP contribution in [0.5, 0.6) is 0 Å². The smallest absolute Gasteiger partial charge is 0.308 e. The third-order valence-corrected chi connectivity index (χ3v) is 11.6. The van der Waals surface area contributed by atoms with Crippen molar-refractivity contribution in [3.63, 3.8) is 0 Å². The van der Waals surface area contributed by atoms with Gasteiger partial charge in [0.25, 0.3) is 5.91 Å². The topological polar surface area (TPSA) is 98.2 Å². The lowest BCUT2D eigenvalue weighted by Gasteiger charge is -2.40. The van der Waals surface area contributed by atoms with E-state index in [-0.39, 0.29) is 35.0 Å². The molecule has 39 heavy (non-hydrogen) atoms. The molecule has 2 aromatic rings. The number of nitrogens with zero attached hydrogens (tertiary/aromatic N) is 2. The van der Waals surface area contributed by atoms with Crippen LogP contribution in [-0.2, 0) is 20.8 Å². The normalized spacial score (nSPS) is 29.8. The Kier molecular flexibility index (Phi) is 7.70. The van der Waals surface area contributed by atoms with E-state index in [1.807, 2.05) is 62.4 Å². The average molecular weight is 614 g/mol. The summed E-state index contributed by atoms with van der Waals surface area (Å²) >= 11 is 5.15. The number of aryl methyl sites for hydroxylation is 2. The second kappa shape index (κ2) is 10.7. The van der Waals surface area contributed by atoms with Gasteiger partial charge < -0.3 is 20.0 Å². The van der Waals surface area contributed by atoms with Crippen molar-refractivity contribution in [2.24, 2.45) is 11.8 Å². The highest BCUT2D eigenvalue weighted by Gasteiger charge is 2.76. The van der Waals surface area contributed by atoms with Crippen LogP contribution >= 0.6 is 27.7 Å². The van der Waals surface area contributed by atoms with Crippen molar-refractivity contribution in [1.82, 2.24) is 4.90 Å². The van der Waals surface area contributed by atoms with Crippen LogP contribution < -0.4 is 4.90 Å². The third-order valence-electron chi connectivity index (χ3n) is 8.40. The SMILES string of the molecule is C=CCN(C(=O)C1N([C@@H](CO)Cc2ccccc2)C(=O)[C@@H]2[C@H](C(=O)O)[C@H]3SC12CC3Br)c1cc(C)ccc1C. The molecule has 7 atom stereocenters. The first-order chi connectivity index (χ1) is 18.6. The van der Waals surface area contributed by atoms with Gasteiger partial charge in [-0.1, -0.05) is 64.5 Å². The number of carbonyl (C=O) groups is 3. The number of carboxylic acids is 1. The van der Waals surface area contributed by atoms with Gasteiger partial charge in [0, 0.05) is 22.3 Å². The molecule has 7 nitrogen and oxygen atoms in total. The van der Waals surface area contributed by atoms with Crippen LogP contribution in [0.3, 0.4) is 0 Å². The van der Waals surface area contributed by atoms with Crippen LogP contribution in [0.15, 0.2) is 61.2 Å². The van der Waals surface area contributed by atoms with Gasteiger partial charge in [-0.2, -0.15) is 0 Å². The average Bonchev–Trinajstić information content (AvgIpc) is 3.51. The van der Waals surface area contributed by atoms with Crippen molar-refractivity contribution in [3.05, 3.63) is 77.9 Å². The summed E-state index contributed by atoms with van der Waals surface area (Å²) in [5, 5.41) is 20.5. The van der Waals surface area contributed by atoms with E-state index in [1.54, 1.807) is 11.0 Å². The van der Waals surface area contributed by atoms with Crippen LogP contribution in [0, 0.1) is 25.7 Å². The van der Waals surface area contributed by atoms with E-state index in [2.05, 4.69) is 22.5 Å². The number of alkyl halides is 1. The number of aliphatic carboxylic acids is 1. The molecule has 3 aliphatic heterocycles. The molecule has 0 radical (unpaired) electrons. The Hall–Kier alpha value is -2.62. The summed E-state index contributed by atoms with van der Waals surface area (Å²) in [6, 6.07) is 13.8. The summed E-state index contributed by atoms with van der Waals surface area (Å²) in [6.07, 6.45) is 2.51. The molecular formula is C30H33BrN2O5S. The Bertz CT molecular complexity index is 1310. The number of hydrogen-bond acceptors (Lipinski definition) is 5. The van der Waals surface area contributed by atoms with E-state index >= 15 is 0 Å². The number of aliphatic hydroxyl groups is 1. The first kappa shape index (κ1) is 27.9. The number of carbonyl (C=O) groups excluding carboxylic acids is 2. The molecule has 3 saturated heterocycles. The summed E-state index contributed by atoms with van der Waals surface area (Å²) in [5.41, 5.74) is 3.56. The standard InChI is InChI=1S/C30H33BrN2O5S/c1-4-12-32(22-13-17(2)10-11-18(22)3)28(36)26-30-15-21(31)25(39-30)23(29(37)38)24(30)27(35)33(26)20(16-34)14-19-8-6-5-7-9-19/h4-11,13,20-21,23-26,34H,1,12,14-16H2,2-3H3,(H,37,38)/t20-,21?,23+,24+,25+,26?,30?/m1/s1. The second-order valence-corrected chi connectivity index (χ2v) is 13.5. The molecule has 2 N–H and O–H groups in total. The molecule has 0 aliphatic carbocycles. The van der Waals surface area contributed by atoms with Crippen LogP contribution in [0.2, 0.25) is 0 Å². The largest absolute Gasteiger partial charge is 0.481 e. The molecule has 2 amide bonds. The molecule has 2 bridgehead atoms. The minimum atomic E-state index is -1.02. The lowest BCUT2D eigenvalue weighted by atomic mass is 9.71. The molecule has 3 unspecified atom stereocenters. The number of thioether (sulfide) groups is 1. The zero-order valence-corrected chi connectivity index (χ0v) is 24.4. The Morgan fingerprint density at radius 2 is 1.97 bits per heavy atom. The lowest BCUT2D eigenvalue weighted by Crippen LogP contribution is -2.58. The molecule has 2 aromatic carbocycles. The Morgan fingerprint density at radius 1 is 1.26 bits per heavy atom. The number of benzene rings is 2. The van der Waals surface area contributed by atoms with Crippen LogP contribution in [-0.4, -0.2) is 73.0 Å². The number of hydrogen-bond donors (Lipinski definition) is 2. The third kappa shape index (κ3) is 4.52. The number of anilines is 1. The Labute approximate surface area is 241 Å². The maximum Gasteiger partial charge on any atom is 0.308 e. The number of carboxylic acid groups (broad SMARTS) is 1. The van der Waals surface area contributed by atoms with Gasteiger partial charge in [0.05, 0.1) is 29.2 Å². The fraction of sp³-hybridized carbons (Fsp3) is 0.433. The van der Waals surface area contributed by atoms with E-state index in [0.29, 0.717) is 12.8 Å². The zero-order valence-electron chi connectivity index (χ0n) is 22.0. The first-order valence-electron chi connectivity index (χ1n) is 13.2. The number of aliphatic hydroxyl groups excluding tert-OH is 1. The molecular weight excluding hydrogens is 580 g/mol. The van der Waals surface area contributed by atoms with Gasteiger partial charge in [-0.3, -0.25) is 14.4 Å². The molecule has 5 rings (SSSR count). The lowest BCUT2D eigenvalue weighted by molar-refractivity contribution is -0.149. The van der Waals surface area contributed by atoms with Gasteiger partial charge in [0.15, 0.2) is 0 Å². The Balaban J connectivity index is 1.65. The zero-order chi connectivity index (χ0) is 28.1. The fourth-order valence-corrected chi connectivity index (χ4v) is 10.3. The van der Waals surface area contributed by atoms with Gasteiger partial charge in [-0.15, -0.1) is 18.3 Å². The highest BCUT2D eigenvalue weighted by Crippen LogP contribution is 2.68. The van der Waals surface area contributed by atoms with Crippen LogP contribution in [0.4, 0.5) is 5.69 Å². The summed E-state index contributed by atoms with van der Waals surface area (Å²) in [7, 11) is 0. The van der Waals surface area contributed by atoms with Crippen LogP contribution in [0.25, 0.3) is 0 Å². The van der Waals surface area contributed by atoms with Gasteiger partial charge in [-0.25, -0.2) is 0 Å². The molecule has 206 valence electrons. The molecule has 9 heteroatoms. The van der Waals surface area contributed by atoms with Crippen molar-refractivity contribution < 1.29 is 24.6 Å². The van der Waals surface area contributed by atoms with Crippen molar-refractivity contribution in [2.45, 2.75) is 53.6 Å². The first-order valence-corrected chi connectivity index (χ1v) is 14.9. The summed E-state index contributed by atoms with van der Waals surface area (Å²) in [6.45, 7) is 7.67. The summed E-state index contributed by atoms with van der Waals surface area (Å²) in [5.74, 6) is -3.41. The Morgan fingerprint density at radius 3 is 2.62 bits per heavy atom. The summed E-state index contributed by atoms with van der Waals surface area (Å²) < 4.78 is -0.919. The van der Waals surface area contributed by atoms with E-state index in [9.17, 15) is 24.6 Å². The predicted molar refractivity (Wildman–Crippen MR) is 156 cm³/mol. The maximum atomic E-state index is 14.8. The molecule has 3 heterocycles. The number of rotatable bonds is 9. The van der Waals surface area contributed by atoms with E-state index < -0.39 is 34.6 Å². The molecule has 3 fully saturated rings. The minimum absolute atomic E-state index is 0.141. The van der Waals surface area contributed by atoms with Crippen molar-refractivity contribution in [3.8, 4) is 0 Å². The maximum absolute atomic E-state index is 14.8. The minimum Gasteiger partial charge on any atom is -0.481 e. The molecule has 1 spiro atoms. The second-order valence-electron chi connectivity index (χ2n) is 10.8. The van der Waals surface area contributed by atoms with E-state index in [4.69, 9.17) is 0 Å². The number of likely N-dealkylation sites (tertiary alicyclic amines) is 1. The van der Waals surface area contributed by atoms with Gasteiger partial charge in [0.2, 0.25) is 5.91 Å². The summed E-state index contributed by atoms with van der Waals surface area (Å²) in [4.78, 5) is 44.6. The van der Waals surface area contributed by atoms with Crippen LogP contribution in [0.1, 0.15) is 23.1 Å². The van der Waals surface area contributed by atoms with E-state index in [0.717, 1.165) is 22.4 Å². The number of amides is 2. The fourth-order valence-electron chi connectivity index (χ4n) is 6.75. The molecule has 0 saturated carbocycles. The van der Waals surface area contributed by atoms with Gasteiger partial charge >= 0.3 is 5.97 Å². The molecule has 0 aromatic heterocycles. The molecule has 3 aliphatic rings. The van der Waals surface area contributed by atoms with Gasteiger partial charge in [0.1, 0.15) is 6.04 Å². The van der Waals surface area contributed by atoms with Crippen molar-refractivity contribution >= 4 is 51.2 Å². The van der Waals surface area contributed by atoms with Crippen molar-refractivity contribution in [2.75, 3.05) is 18.1 Å². The number of halogens is 1. The quantitative estimate of drug-likeness (QED) is 0.328.